The number of amides is 1. The average molecular weight is 302 g/mol. The SMILES string of the molecule is O=C(C[C@@H]([NH2+]CCCO)C(=O)[O-])Nc1ccc(F)cc1F. The summed E-state index contributed by atoms with van der Waals surface area (Å²) < 4.78 is 26.0. The number of hydrogen-bond donors (Lipinski definition) is 3. The molecule has 0 unspecified atom stereocenters. The molecule has 0 heterocycles. The van der Waals surface area contributed by atoms with Gasteiger partial charge in [-0.3, -0.25) is 4.79 Å². The molecule has 0 aliphatic rings. The van der Waals surface area contributed by atoms with E-state index in [4.69, 9.17) is 5.11 Å². The summed E-state index contributed by atoms with van der Waals surface area (Å²) in [7, 11) is 0. The molecule has 6 nitrogen and oxygen atoms in total. The molecule has 0 aliphatic heterocycles. The fourth-order valence-corrected chi connectivity index (χ4v) is 1.67. The highest BCUT2D eigenvalue weighted by Crippen LogP contribution is 2.15. The zero-order valence-electron chi connectivity index (χ0n) is 11.1. The molecular formula is C13H16F2N2O4. The summed E-state index contributed by atoms with van der Waals surface area (Å²) in [6.07, 6.45) is -0.0530. The number of carboxylic acid groups (broad SMARTS) is 1. The van der Waals surface area contributed by atoms with Crippen LogP contribution in [0, 0.1) is 11.6 Å². The number of carboxylic acids is 1. The van der Waals surface area contributed by atoms with Crippen molar-refractivity contribution in [1.82, 2.24) is 0 Å². The number of quaternary nitrogens is 1. The molecule has 0 aromatic heterocycles. The Hall–Kier alpha value is -2.06. The van der Waals surface area contributed by atoms with E-state index in [0.717, 1.165) is 12.1 Å². The van der Waals surface area contributed by atoms with E-state index >= 15 is 0 Å². The van der Waals surface area contributed by atoms with Gasteiger partial charge in [-0.2, -0.15) is 0 Å². The Labute approximate surface area is 119 Å². The number of aliphatic hydroxyl groups excluding tert-OH is 1. The lowest BCUT2D eigenvalue weighted by molar-refractivity contribution is -0.682. The molecule has 0 radical (unpaired) electrons. The maximum Gasteiger partial charge on any atom is 0.230 e. The number of rotatable bonds is 8. The highest BCUT2D eigenvalue weighted by molar-refractivity contribution is 5.93. The van der Waals surface area contributed by atoms with Crippen molar-refractivity contribution >= 4 is 17.6 Å². The van der Waals surface area contributed by atoms with Gasteiger partial charge in [0.25, 0.3) is 0 Å². The van der Waals surface area contributed by atoms with E-state index < -0.39 is 36.0 Å². The van der Waals surface area contributed by atoms with Gasteiger partial charge in [0.1, 0.15) is 17.7 Å². The van der Waals surface area contributed by atoms with Crippen LogP contribution >= 0.6 is 0 Å². The Morgan fingerprint density at radius 1 is 1.38 bits per heavy atom. The predicted molar refractivity (Wildman–Crippen MR) is 66.9 cm³/mol. The molecular weight excluding hydrogens is 286 g/mol. The number of nitrogens with one attached hydrogen (secondary N) is 1. The maximum absolute atomic E-state index is 13.3. The first-order chi connectivity index (χ1) is 9.93. The van der Waals surface area contributed by atoms with Crippen molar-refractivity contribution in [3.63, 3.8) is 0 Å². The number of carbonyl (C=O) groups is 2. The molecule has 0 saturated carbocycles. The summed E-state index contributed by atoms with van der Waals surface area (Å²) >= 11 is 0. The van der Waals surface area contributed by atoms with Crippen LogP contribution in [0.4, 0.5) is 14.5 Å². The van der Waals surface area contributed by atoms with Crippen LogP contribution in [-0.2, 0) is 9.59 Å². The highest BCUT2D eigenvalue weighted by atomic mass is 19.1. The Morgan fingerprint density at radius 3 is 2.67 bits per heavy atom. The first-order valence-electron chi connectivity index (χ1n) is 6.34. The lowest BCUT2D eigenvalue weighted by Gasteiger charge is -2.16. The number of halogens is 2. The molecule has 1 rings (SSSR count). The molecule has 116 valence electrons. The summed E-state index contributed by atoms with van der Waals surface area (Å²) in [5, 5.41) is 23.0. The number of hydrogen-bond acceptors (Lipinski definition) is 4. The monoisotopic (exact) mass is 302 g/mol. The fourth-order valence-electron chi connectivity index (χ4n) is 1.67. The van der Waals surface area contributed by atoms with Crippen LogP contribution < -0.4 is 15.7 Å². The van der Waals surface area contributed by atoms with Gasteiger partial charge in [-0.15, -0.1) is 0 Å². The van der Waals surface area contributed by atoms with E-state index in [1.165, 1.54) is 5.32 Å². The van der Waals surface area contributed by atoms with E-state index in [2.05, 4.69) is 5.32 Å². The molecule has 1 aromatic rings. The first kappa shape index (κ1) is 17.0. The Morgan fingerprint density at radius 2 is 2.10 bits per heavy atom. The van der Waals surface area contributed by atoms with Crippen molar-refractivity contribution < 1.29 is 33.9 Å². The van der Waals surface area contributed by atoms with Gasteiger partial charge < -0.3 is 25.6 Å². The minimum absolute atomic E-state index is 0.0940. The summed E-state index contributed by atoms with van der Waals surface area (Å²) in [5.41, 5.74) is -0.228. The minimum atomic E-state index is -1.43. The summed E-state index contributed by atoms with van der Waals surface area (Å²) in [6, 6.07) is 1.49. The van der Waals surface area contributed by atoms with Gasteiger partial charge in [0, 0.05) is 19.1 Å². The van der Waals surface area contributed by atoms with Crippen molar-refractivity contribution in [1.29, 1.82) is 0 Å². The van der Waals surface area contributed by atoms with Crippen molar-refractivity contribution in [3.05, 3.63) is 29.8 Å². The summed E-state index contributed by atoms with van der Waals surface area (Å²) in [4.78, 5) is 22.5. The van der Waals surface area contributed by atoms with Crippen LogP contribution in [0.3, 0.4) is 0 Å². The zero-order valence-corrected chi connectivity index (χ0v) is 11.1. The van der Waals surface area contributed by atoms with Gasteiger partial charge in [-0.1, -0.05) is 0 Å². The molecule has 1 atom stereocenters. The van der Waals surface area contributed by atoms with Crippen LogP contribution in [0.2, 0.25) is 0 Å². The molecule has 0 fully saturated rings. The number of carbonyl (C=O) groups excluding carboxylic acids is 2. The molecule has 8 heteroatoms. The van der Waals surface area contributed by atoms with Crippen LogP contribution in [0.15, 0.2) is 18.2 Å². The number of aliphatic hydroxyl groups is 1. The Balaban J connectivity index is 2.59. The number of aliphatic carboxylic acids is 1. The molecule has 1 aromatic carbocycles. The quantitative estimate of drug-likeness (QED) is 0.501. The van der Waals surface area contributed by atoms with Gasteiger partial charge in [-0.25, -0.2) is 8.78 Å². The molecule has 4 N–H and O–H groups in total. The Bertz CT molecular complexity index is 511. The Kier molecular flexibility index (Phi) is 6.70. The largest absolute Gasteiger partial charge is 0.544 e. The third-order valence-corrected chi connectivity index (χ3v) is 2.73. The zero-order chi connectivity index (χ0) is 15.8. The van der Waals surface area contributed by atoms with E-state index in [9.17, 15) is 23.5 Å². The van der Waals surface area contributed by atoms with E-state index in [0.29, 0.717) is 19.0 Å². The van der Waals surface area contributed by atoms with Crippen molar-refractivity contribution in [2.75, 3.05) is 18.5 Å². The molecule has 1 amide bonds. The van der Waals surface area contributed by atoms with Crippen molar-refractivity contribution in [2.24, 2.45) is 0 Å². The molecule has 0 saturated heterocycles. The van der Waals surface area contributed by atoms with E-state index in [1.807, 2.05) is 0 Å². The first-order valence-corrected chi connectivity index (χ1v) is 6.34. The van der Waals surface area contributed by atoms with Crippen LogP contribution in [0.1, 0.15) is 12.8 Å². The van der Waals surface area contributed by atoms with Crippen molar-refractivity contribution in [2.45, 2.75) is 18.9 Å². The smallest absolute Gasteiger partial charge is 0.230 e. The second kappa shape index (κ2) is 8.28. The lowest BCUT2D eigenvalue weighted by Crippen LogP contribution is -2.93. The number of nitrogens with two attached hydrogens (primary N) is 1. The molecule has 21 heavy (non-hydrogen) atoms. The van der Waals surface area contributed by atoms with Gasteiger partial charge in [0.05, 0.1) is 24.6 Å². The standard InChI is InChI=1S/C13H16F2N2O4/c14-8-2-3-10(9(15)6-8)17-12(19)7-11(13(20)21)16-4-1-5-18/h2-3,6,11,16,18H,1,4-5,7H2,(H,17,19)(H,20,21)/t11-/m1/s1. The minimum Gasteiger partial charge on any atom is -0.544 e. The maximum atomic E-state index is 13.3. The third kappa shape index (κ3) is 5.84. The summed E-state index contributed by atoms with van der Waals surface area (Å²) in [5.74, 6) is -3.88. The van der Waals surface area contributed by atoms with Gasteiger partial charge >= 0.3 is 0 Å². The molecule has 0 bridgehead atoms. The van der Waals surface area contributed by atoms with Gasteiger partial charge in [0.2, 0.25) is 5.91 Å². The van der Waals surface area contributed by atoms with Gasteiger partial charge in [-0.05, 0) is 12.1 Å². The summed E-state index contributed by atoms with van der Waals surface area (Å²) in [6.45, 7) is 0.219. The lowest BCUT2D eigenvalue weighted by atomic mass is 10.2. The van der Waals surface area contributed by atoms with E-state index in [1.54, 1.807) is 0 Å². The van der Waals surface area contributed by atoms with Crippen LogP contribution in [0.5, 0.6) is 0 Å². The van der Waals surface area contributed by atoms with Crippen LogP contribution in [0.25, 0.3) is 0 Å². The molecule has 0 aliphatic carbocycles. The topological polar surface area (TPSA) is 106 Å². The normalized spacial score (nSPS) is 12.0. The highest BCUT2D eigenvalue weighted by Gasteiger charge is 2.19. The second-order valence-corrected chi connectivity index (χ2v) is 4.40. The van der Waals surface area contributed by atoms with Crippen LogP contribution in [-0.4, -0.2) is 36.2 Å². The average Bonchev–Trinajstić information content (AvgIpc) is 2.41. The molecule has 0 spiro atoms. The fraction of sp³-hybridized carbons (Fsp3) is 0.385. The predicted octanol–water partition coefficient (Wildman–Crippen LogP) is -1.64. The van der Waals surface area contributed by atoms with E-state index in [-0.39, 0.29) is 12.3 Å². The third-order valence-electron chi connectivity index (χ3n) is 2.73. The van der Waals surface area contributed by atoms with Crippen molar-refractivity contribution in [3.8, 4) is 0 Å². The second-order valence-electron chi connectivity index (χ2n) is 4.40. The number of benzene rings is 1. The van der Waals surface area contributed by atoms with Gasteiger partial charge in [0.15, 0.2) is 0 Å². The number of anilines is 1.